The van der Waals surface area contributed by atoms with E-state index in [4.69, 9.17) is 0 Å². The Morgan fingerprint density at radius 3 is 2.43 bits per heavy atom. The summed E-state index contributed by atoms with van der Waals surface area (Å²) in [6, 6.07) is 12.1. The van der Waals surface area contributed by atoms with E-state index in [-0.39, 0.29) is 0 Å². The zero-order valence-electron chi connectivity index (χ0n) is 8.04. The normalized spacial score (nSPS) is 9.21. The SMILES string of the molecule is Cc1ccc(C#Cc2ccc[nH]2)cc1. The van der Waals surface area contributed by atoms with Crippen LogP contribution >= 0.6 is 0 Å². The zero-order valence-corrected chi connectivity index (χ0v) is 8.04. The topological polar surface area (TPSA) is 15.8 Å². The van der Waals surface area contributed by atoms with E-state index in [1.807, 2.05) is 30.5 Å². The third-order valence-electron chi connectivity index (χ3n) is 1.99. The highest BCUT2D eigenvalue weighted by molar-refractivity contribution is 5.40. The summed E-state index contributed by atoms with van der Waals surface area (Å²) in [5.41, 5.74) is 3.26. The molecule has 0 unspecified atom stereocenters. The number of H-pyrrole nitrogens is 1. The van der Waals surface area contributed by atoms with Gasteiger partial charge in [0.25, 0.3) is 0 Å². The van der Waals surface area contributed by atoms with E-state index >= 15 is 0 Å². The smallest absolute Gasteiger partial charge is 0.0897 e. The van der Waals surface area contributed by atoms with Crippen molar-refractivity contribution in [3.63, 3.8) is 0 Å². The second kappa shape index (κ2) is 3.85. The molecule has 0 spiro atoms. The van der Waals surface area contributed by atoms with Gasteiger partial charge in [-0.2, -0.15) is 0 Å². The third kappa shape index (κ3) is 2.05. The first-order valence-corrected chi connectivity index (χ1v) is 4.57. The summed E-state index contributed by atoms with van der Waals surface area (Å²) in [6.07, 6.45) is 1.87. The van der Waals surface area contributed by atoms with Crippen molar-refractivity contribution in [1.29, 1.82) is 0 Å². The maximum absolute atomic E-state index is 3.09. The summed E-state index contributed by atoms with van der Waals surface area (Å²) in [6.45, 7) is 2.07. The van der Waals surface area contributed by atoms with E-state index < -0.39 is 0 Å². The minimum absolute atomic E-state index is 0.950. The van der Waals surface area contributed by atoms with Gasteiger partial charge in [-0.3, -0.25) is 0 Å². The number of rotatable bonds is 0. The molecule has 0 radical (unpaired) electrons. The summed E-state index contributed by atoms with van der Waals surface area (Å²) in [4.78, 5) is 3.05. The van der Waals surface area contributed by atoms with Gasteiger partial charge in [0, 0.05) is 11.8 Å². The second-order valence-electron chi connectivity index (χ2n) is 3.20. The molecule has 1 N–H and O–H groups in total. The Kier molecular flexibility index (Phi) is 2.38. The Labute approximate surface area is 83.8 Å². The van der Waals surface area contributed by atoms with Crippen molar-refractivity contribution < 1.29 is 0 Å². The molecular formula is C13H11N. The standard InChI is InChI=1S/C13H11N/c1-11-4-6-12(7-5-11)8-9-13-3-2-10-14-13/h2-7,10,14H,1H3. The summed E-state index contributed by atoms with van der Waals surface area (Å²) in [7, 11) is 0. The van der Waals surface area contributed by atoms with Crippen molar-refractivity contribution in [3.8, 4) is 11.8 Å². The third-order valence-corrected chi connectivity index (χ3v) is 1.99. The molecule has 0 saturated carbocycles. The maximum Gasteiger partial charge on any atom is 0.0897 e. The average Bonchev–Trinajstić information content (AvgIpc) is 2.70. The Morgan fingerprint density at radius 1 is 1.00 bits per heavy atom. The average molecular weight is 181 g/mol. The number of benzene rings is 1. The number of aromatic nitrogens is 1. The van der Waals surface area contributed by atoms with Crippen LogP contribution in [0.3, 0.4) is 0 Å². The van der Waals surface area contributed by atoms with Crippen LogP contribution in [0.4, 0.5) is 0 Å². The quantitative estimate of drug-likeness (QED) is 0.601. The number of hydrogen-bond acceptors (Lipinski definition) is 0. The minimum Gasteiger partial charge on any atom is -0.355 e. The fraction of sp³-hybridized carbons (Fsp3) is 0.0769. The number of nitrogens with one attached hydrogen (secondary N) is 1. The van der Waals surface area contributed by atoms with Crippen molar-refractivity contribution >= 4 is 0 Å². The second-order valence-corrected chi connectivity index (χ2v) is 3.20. The predicted molar refractivity (Wildman–Crippen MR) is 58.0 cm³/mol. The molecule has 0 amide bonds. The largest absolute Gasteiger partial charge is 0.355 e. The first-order chi connectivity index (χ1) is 6.84. The molecule has 1 heteroatoms. The molecule has 68 valence electrons. The van der Waals surface area contributed by atoms with Gasteiger partial charge >= 0.3 is 0 Å². The highest BCUT2D eigenvalue weighted by atomic mass is 14.7. The van der Waals surface area contributed by atoms with Gasteiger partial charge < -0.3 is 4.98 Å². The highest BCUT2D eigenvalue weighted by Crippen LogP contribution is 2.01. The number of aryl methyl sites for hydroxylation is 1. The lowest BCUT2D eigenvalue weighted by Crippen LogP contribution is -1.76. The molecule has 0 atom stereocenters. The van der Waals surface area contributed by atoms with Crippen LogP contribution in [0, 0.1) is 18.8 Å². The fourth-order valence-electron chi connectivity index (χ4n) is 1.18. The van der Waals surface area contributed by atoms with E-state index in [0.717, 1.165) is 11.3 Å². The van der Waals surface area contributed by atoms with Crippen molar-refractivity contribution in [3.05, 3.63) is 59.4 Å². The molecule has 1 nitrogen and oxygen atoms in total. The molecule has 0 bridgehead atoms. The van der Waals surface area contributed by atoms with Crippen LogP contribution in [0.2, 0.25) is 0 Å². The first-order valence-electron chi connectivity index (χ1n) is 4.57. The summed E-state index contributed by atoms with van der Waals surface area (Å²) >= 11 is 0. The lowest BCUT2D eigenvalue weighted by atomic mass is 10.1. The summed E-state index contributed by atoms with van der Waals surface area (Å²) < 4.78 is 0. The highest BCUT2D eigenvalue weighted by Gasteiger charge is 1.86. The molecule has 1 aromatic carbocycles. The lowest BCUT2D eigenvalue weighted by molar-refractivity contribution is 1.37. The number of aromatic amines is 1. The predicted octanol–water partition coefficient (Wildman–Crippen LogP) is 2.72. The van der Waals surface area contributed by atoms with Gasteiger partial charge in [0.05, 0.1) is 5.69 Å². The van der Waals surface area contributed by atoms with Crippen molar-refractivity contribution in [2.45, 2.75) is 6.92 Å². The molecule has 2 rings (SSSR count). The van der Waals surface area contributed by atoms with Crippen LogP contribution in [0.1, 0.15) is 16.8 Å². The monoisotopic (exact) mass is 181 g/mol. The van der Waals surface area contributed by atoms with Crippen LogP contribution in [-0.4, -0.2) is 4.98 Å². The van der Waals surface area contributed by atoms with Crippen molar-refractivity contribution in [2.75, 3.05) is 0 Å². The Morgan fingerprint density at radius 2 is 1.79 bits per heavy atom. The summed E-state index contributed by atoms with van der Waals surface area (Å²) in [5.74, 6) is 6.15. The van der Waals surface area contributed by atoms with Gasteiger partial charge in [0.2, 0.25) is 0 Å². The van der Waals surface area contributed by atoms with E-state index in [1.165, 1.54) is 5.56 Å². The molecule has 14 heavy (non-hydrogen) atoms. The van der Waals surface area contributed by atoms with Gasteiger partial charge in [-0.1, -0.05) is 23.6 Å². The Hall–Kier alpha value is -1.94. The van der Waals surface area contributed by atoms with Gasteiger partial charge in [-0.05, 0) is 37.1 Å². The Balaban J connectivity index is 2.22. The first kappa shape index (κ1) is 8.65. The van der Waals surface area contributed by atoms with Gasteiger partial charge in [-0.25, -0.2) is 0 Å². The molecule has 2 aromatic rings. The molecule has 1 heterocycles. The van der Waals surface area contributed by atoms with E-state index in [0.29, 0.717) is 0 Å². The molecule has 0 fully saturated rings. The summed E-state index contributed by atoms with van der Waals surface area (Å²) in [5, 5.41) is 0. The van der Waals surface area contributed by atoms with Crippen LogP contribution in [0.15, 0.2) is 42.6 Å². The number of hydrogen-bond donors (Lipinski definition) is 1. The maximum atomic E-state index is 3.09. The molecule has 0 saturated heterocycles. The lowest BCUT2D eigenvalue weighted by Gasteiger charge is -1.90. The van der Waals surface area contributed by atoms with Crippen molar-refractivity contribution in [2.24, 2.45) is 0 Å². The van der Waals surface area contributed by atoms with Gasteiger partial charge in [0.1, 0.15) is 0 Å². The van der Waals surface area contributed by atoms with Gasteiger partial charge in [0.15, 0.2) is 0 Å². The molecule has 0 aliphatic rings. The van der Waals surface area contributed by atoms with E-state index in [2.05, 4.69) is 35.9 Å². The van der Waals surface area contributed by atoms with Crippen LogP contribution in [0.25, 0.3) is 0 Å². The van der Waals surface area contributed by atoms with E-state index in [9.17, 15) is 0 Å². The molecular weight excluding hydrogens is 170 g/mol. The fourth-order valence-corrected chi connectivity index (χ4v) is 1.18. The minimum atomic E-state index is 0.950. The van der Waals surface area contributed by atoms with Crippen LogP contribution in [-0.2, 0) is 0 Å². The van der Waals surface area contributed by atoms with Crippen LogP contribution < -0.4 is 0 Å². The zero-order chi connectivity index (χ0) is 9.80. The van der Waals surface area contributed by atoms with Crippen molar-refractivity contribution in [1.82, 2.24) is 4.98 Å². The van der Waals surface area contributed by atoms with E-state index in [1.54, 1.807) is 0 Å². The molecule has 0 aliphatic heterocycles. The Bertz CT molecular complexity index is 452. The molecule has 1 aromatic heterocycles. The van der Waals surface area contributed by atoms with Crippen LogP contribution in [0.5, 0.6) is 0 Å². The van der Waals surface area contributed by atoms with Gasteiger partial charge in [-0.15, -0.1) is 0 Å². The molecule has 0 aliphatic carbocycles.